The summed E-state index contributed by atoms with van der Waals surface area (Å²) in [6, 6.07) is 31.3. The van der Waals surface area contributed by atoms with Crippen LogP contribution in [-0.2, 0) is 93.2 Å². The minimum Gasteiger partial charge on any atom is -0.756 e. The average Bonchev–Trinajstić information content (AvgIpc) is 1.70. The summed E-state index contributed by atoms with van der Waals surface area (Å²) in [4.78, 5) is 97.0. The van der Waals surface area contributed by atoms with Crippen LogP contribution in [0.4, 0.5) is 38.5 Å². The van der Waals surface area contributed by atoms with Gasteiger partial charge in [0.15, 0.2) is 11.2 Å². The van der Waals surface area contributed by atoms with Gasteiger partial charge in [-0.15, -0.1) is 22.7 Å². The number of benzene rings is 6. The molecular formula is C72H71F4N10NaO18P2S2. The number of thiazole rings is 2. The molecule has 568 valence electrons. The number of nitrogens with zero attached hydrogens (tertiary/aromatic N) is 10. The summed E-state index contributed by atoms with van der Waals surface area (Å²) in [7, 11) is -8.92. The Morgan fingerprint density at radius 1 is 0.560 bits per heavy atom. The van der Waals surface area contributed by atoms with E-state index in [2.05, 4.69) is 48.1 Å². The van der Waals surface area contributed by atoms with Crippen molar-refractivity contribution in [3.05, 3.63) is 236 Å². The largest absolute Gasteiger partial charge is 1.00 e. The van der Waals surface area contributed by atoms with Gasteiger partial charge in [0.1, 0.15) is 58.6 Å². The molecule has 0 radical (unpaired) electrons. The van der Waals surface area contributed by atoms with E-state index in [4.69, 9.17) is 56.9 Å². The number of phosphoric acid groups is 2. The number of carbonyl (C=O) groups is 4. The van der Waals surface area contributed by atoms with Crippen molar-refractivity contribution < 1.29 is 132 Å². The van der Waals surface area contributed by atoms with E-state index >= 15 is 8.78 Å². The van der Waals surface area contributed by atoms with E-state index in [1.165, 1.54) is 99.8 Å². The van der Waals surface area contributed by atoms with Crippen LogP contribution < -0.4 is 34.5 Å². The zero-order valence-corrected chi connectivity index (χ0v) is 65.5. The second kappa shape index (κ2) is 37.4. The maximum absolute atomic E-state index is 15.8. The van der Waals surface area contributed by atoms with Gasteiger partial charge in [-0.05, 0) is 139 Å². The molecule has 0 aliphatic heterocycles. The molecule has 4 heterocycles. The molecule has 28 nitrogen and oxygen atoms in total. The summed E-state index contributed by atoms with van der Waals surface area (Å²) in [6.07, 6.45) is 2.44. The standard InChI is InChI=1S/C40H44F2N5O9PS.C32H28F2N5O9PS.Na/c1-26(35-46-34(21-58-35)28-13-16-31(43-8)17-14-28)40(22-47-24-44-23-45-47,32-18-15-30(41)19-33(32)42)54-37(49)52-25-51-36(48)29-11-9-27(10-12-29)20-53-57(50,55-38(2,3)4)56-39(5,6)7;1-20(29-38-28(15-50-29)22-7-10-25(35-2)11-8-22)32(16-39-18-36-17-37-39,26-12-9-24(33)13-27(26)34)48-31(41)46-19-45-30(40)23-5-3-21(4-6-23)14-47-49(42,43)44;/h9-19,21,23-24,26H,8,20,22,25H2,1-7H3;3-13,15,17-18,20H,2,14,16,19H2,1H3,(H2,42,43,44);/q;;+1/p-1/t26-,40?;20-,32?;/m00./s1. The molecule has 4 aromatic heterocycles. The molecule has 0 bridgehead atoms. The number of phosphoric ester groups is 2. The monoisotopic (exact) mass is 1590 g/mol. The Kier molecular flexibility index (Phi) is 29.2. The first-order chi connectivity index (χ1) is 51.1. The van der Waals surface area contributed by atoms with Crippen molar-refractivity contribution in [1.82, 2.24) is 39.5 Å². The van der Waals surface area contributed by atoms with Crippen molar-refractivity contribution in [3.63, 3.8) is 0 Å². The van der Waals surface area contributed by atoms with Crippen LogP contribution in [0.3, 0.4) is 0 Å². The molecule has 109 heavy (non-hydrogen) atoms. The fourth-order valence-corrected chi connectivity index (χ4v) is 14.5. The number of rotatable bonds is 30. The predicted molar refractivity (Wildman–Crippen MR) is 384 cm³/mol. The van der Waals surface area contributed by atoms with Crippen LogP contribution in [0.2, 0.25) is 0 Å². The summed E-state index contributed by atoms with van der Waals surface area (Å²) in [6.45, 7) is 17.7. The zero-order chi connectivity index (χ0) is 78.2. The topological polar surface area (TPSA) is 350 Å². The number of ether oxygens (including phenoxy) is 6. The van der Waals surface area contributed by atoms with Gasteiger partial charge in [0.2, 0.25) is 13.6 Å². The Balaban J connectivity index is 0.000000275. The number of hydrogen-bond donors (Lipinski definition) is 1. The second-order valence-corrected chi connectivity index (χ2v) is 30.1. The van der Waals surface area contributed by atoms with Crippen molar-refractivity contribution in [1.29, 1.82) is 0 Å². The van der Waals surface area contributed by atoms with Crippen LogP contribution in [0.1, 0.15) is 120 Å². The van der Waals surface area contributed by atoms with Gasteiger partial charge in [0.25, 0.3) is 7.82 Å². The van der Waals surface area contributed by atoms with Gasteiger partial charge in [-0.2, -0.15) is 10.2 Å². The Labute approximate surface area is 652 Å². The Morgan fingerprint density at radius 2 is 0.936 bits per heavy atom. The molecule has 0 saturated heterocycles. The molecule has 0 amide bonds. The van der Waals surface area contributed by atoms with Gasteiger partial charge in [0.05, 0.1) is 83.2 Å². The Morgan fingerprint density at radius 3 is 1.27 bits per heavy atom. The molecule has 0 aliphatic carbocycles. The van der Waals surface area contributed by atoms with Gasteiger partial charge >= 0.3 is 61.6 Å². The molecule has 10 aromatic rings. The van der Waals surface area contributed by atoms with Gasteiger partial charge < -0.3 is 42.7 Å². The SMILES string of the molecule is C=Nc1ccc(-c2csc([C@H](C)C(Cn3cncn3)(OC(=O)OCOC(=O)c3ccc(COP(=O)(OC(C)(C)C)OC(C)(C)C)cc3)c3ccc(F)cc3F)n2)cc1.C=Nc1ccc(-c2csc([C@H](C)C(Cn3cncn3)(OC(=O)OCOC(=O)c3ccc(COP(=O)([O-])O)cc3)c3ccc(F)cc3F)n2)cc1.[Na+]. The van der Waals surface area contributed by atoms with E-state index in [0.29, 0.717) is 56.0 Å². The number of aromatic nitrogens is 8. The number of hydrogen-bond acceptors (Lipinski definition) is 27. The van der Waals surface area contributed by atoms with Crippen molar-refractivity contribution in [2.75, 3.05) is 13.6 Å². The fourth-order valence-electron chi connectivity index (χ4n) is 10.5. The molecule has 5 atom stereocenters. The molecule has 0 spiro atoms. The first-order valence-corrected chi connectivity index (χ1v) is 37.1. The molecule has 1 N–H and O–H groups in total. The molecule has 3 unspecified atom stereocenters. The maximum Gasteiger partial charge on any atom is 1.00 e. The van der Waals surface area contributed by atoms with Crippen LogP contribution >= 0.6 is 38.3 Å². The number of aliphatic imine (C=N–C) groups is 2. The summed E-state index contributed by atoms with van der Waals surface area (Å²) in [5, 5.41) is 12.7. The molecule has 6 aromatic carbocycles. The van der Waals surface area contributed by atoms with Gasteiger partial charge in [0, 0.05) is 45.1 Å². The van der Waals surface area contributed by atoms with E-state index < -0.39 is 118 Å². The van der Waals surface area contributed by atoms with E-state index in [-0.39, 0.29) is 71.5 Å². The van der Waals surface area contributed by atoms with E-state index in [0.717, 1.165) is 29.3 Å². The third-order valence-electron chi connectivity index (χ3n) is 15.6. The maximum atomic E-state index is 15.8. The quantitative estimate of drug-likeness (QED) is 0.00831. The number of halogens is 4. The minimum absolute atomic E-state index is 0. The van der Waals surface area contributed by atoms with Crippen LogP contribution in [0.15, 0.2) is 180 Å². The van der Waals surface area contributed by atoms with Crippen LogP contribution in [-0.4, -0.2) is 107 Å². The molecular weight excluding hydrogens is 1520 g/mol. The van der Waals surface area contributed by atoms with E-state index in [9.17, 15) is 42.0 Å². The molecule has 0 aliphatic rings. The van der Waals surface area contributed by atoms with Crippen LogP contribution in [0.25, 0.3) is 22.5 Å². The molecule has 0 saturated carbocycles. The van der Waals surface area contributed by atoms with Gasteiger partial charge in [-0.1, -0.05) is 62.4 Å². The van der Waals surface area contributed by atoms with Crippen LogP contribution in [0, 0.1) is 23.3 Å². The van der Waals surface area contributed by atoms with Crippen molar-refractivity contribution in [2.45, 2.75) is 116 Å². The first-order valence-electron chi connectivity index (χ1n) is 32.3. The normalized spacial score (nSPS) is 13.8. The number of esters is 2. The van der Waals surface area contributed by atoms with Gasteiger partial charge in [-0.3, -0.25) is 28.1 Å². The minimum atomic E-state index is -4.94. The Hall–Kier alpha value is -9.38. The fraction of sp³-hybridized carbons (Fsp3) is 0.278. The summed E-state index contributed by atoms with van der Waals surface area (Å²) < 4.78 is 140. The van der Waals surface area contributed by atoms with Crippen molar-refractivity contribution >= 4 is 87.4 Å². The summed E-state index contributed by atoms with van der Waals surface area (Å²) >= 11 is 2.45. The smallest absolute Gasteiger partial charge is 0.756 e. The zero-order valence-electron chi connectivity index (χ0n) is 60.1. The predicted octanol–water partition coefficient (Wildman–Crippen LogP) is 12.6. The van der Waals surface area contributed by atoms with E-state index in [1.807, 2.05) is 12.1 Å². The second-order valence-electron chi connectivity index (χ2n) is 25.6. The third kappa shape index (κ3) is 23.8. The Bertz CT molecular complexity index is 4840. The van der Waals surface area contributed by atoms with Crippen molar-refractivity contribution in [3.8, 4) is 22.5 Å². The van der Waals surface area contributed by atoms with Crippen LogP contribution in [0.5, 0.6) is 0 Å². The molecule has 0 fully saturated rings. The average molecular weight is 1590 g/mol. The molecule has 37 heteroatoms. The summed E-state index contributed by atoms with van der Waals surface area (Å²) in [5.74, 6) is -7.30. The first kappa shape index (κ1) is 85.2. The third-order valence-corrected chi connectivity index (χ3v) is 20.1. The number of carbonyl (C=O) groups excluding carboxylic acids is 4. The van der Waals surface area contributed by atoms with E-state index in [1.54, 1.807) is 115 Å². The van der Waals surface area contributed by atoms with Crippen molar-refractivity contribution in [2.24, 2.45) is 9.98 Å². The molecule has 10 rings (SSSR count). The van der Waals surface area contributed by atoms with Gasteiger partial charge in [-0.25, -0.2) is 70.6 Å². The summed E-state index contributed by atoms with van der Waals surface area (Å²) in [5.41, 5.74) is -0.944.